The van der Waals surface area contributed by atoms with E-state index in [0.717, 1.165) is 12.8 Å². The highest BCUT2D eigenvalue weighted by molar-refractivity contribution is 7.71. The van der Waals surface area contributed by atoms with Gasteiger partial charge in [0.05, 0.1) is 6.61 Å². The van der Waals surface area contributed by atoms with E-state index in [2.05, 4.69) is 10.4 Å². The lowest BCUT2D eigenvalue weighted by Gasteiger charge is -2.42. The lowest BCUT2D eigenvalue weighted by molar-refractivity contribution is -0.219. The van der Waals surface area contributed by atoms with Gasteiger partial charge in [0.25, 0.3) is 0 Å². The Morgan fingerprint density at radius 3 is 2.59 bits per heavy atom. The highest BCUT2D eigenvalue weighted by Crippen LogP contribution is 2.38. The van der Waals surface area contributed by atoms with Crippen molar-refractivity contribution in [1.29, 1.82) is 0 Å². The van der Waals surface area contributed by atoms with Gasteiger partial charge in [0.1, 0.15) is 36.7 Å². The average molecular weight is 485 g/mol. The van der Waals surface area contributed by atoms with Crippen molar-refractivity contribution in [3.8, 4) is 5.75 Å². The molecule has 10 nitrogen and oxygen atoms in total. The zero-order chi connectivity index (χ0) is 23.0. The minimum atomic E-state index is -1.39. The first-order valence-electron chi connectivity index (χ1n) is 10.3. The van der Waals surface area contributed by atoms with Crippen LogP contribution in [-0.4, -0.2) is 66.5 Å². The van der Waals surface area contributed by atoms with Crippen molar-refractivity contribution < 1.29 is 29.6 Å². The van der Waals surface area contributed by atoms with Gasteiger partial charge in [-0.2, -0.15) is 5.10 Å². The third-order valence-corrected chi connectivity index (χ3v) is 6.14. The topological polar surface area (TPSA) is 131 Å². The fourth-order valence-electron chi connectivity index (χ4n) is 3.78. The number of nitrogens with zero attached hydrogens (tertiary/aromatic N) is 3. The molecular formula is C20H25ClN4O6S. The van der Waals surface area contributed by atoms with Crippen LogP contribution >= 0.6 is 23.8 Å². The zero-order valence-electron chi connectivity index (χ0n) is 17.3. The minimum absolute atomic E-state index is 0.126. The molecule has 4 N–H and O–H groups in total. The van der Waals surface area contributed by atoms with Crippen LogP contribution in [0.1, 0.15) is 37.9 Å². The van der Waals surface area contributed by atoms with E-state index in [1.165, 1.54) is 11.6 Å². The van der Waals surface area contributed by atoms with Crippen LogP contribution in [0.2, 0.25) is 5.02 Å². The molecule has 5 atom stereocenters. The fraction of sp³-hybridized carbons (Fsp3) is 0.550. The third kappa shape index (κ3) is 4.68. The Bertz CT molecular complexity index is 1020. The quantitative estimate of drug-likeness (QED) is 0.430. The van der Waals surface area contributed by atoms with Crippen LogP contribution < -0.4 is 10.1 Å². The van der Waals surface area contributed by atoms with E-state index in [1.807, 2.05) is 4.57 Å². The normalized spacial score (nSPS) is 27.8. The number of aliphatic hydroxyl groups excluding tert-OH is 3. The molecule has 1 saturated carbocycles. The molecule has 1 saturated heterocycles. The molecule has 1 aromatic heterocycles. The van der Waals surface area contributed by atoms with Crippen molar-refractivity contribution in [3.63, 3.8) is 0 Å². The van der Waals surface area contributed by atoms with Crippen molar-refractivity contribution >= 4 is 29.7 Å². The summed E-state index contributed by atoms with van der Waals surface area (Å²) < 4.78 is 15.3. The maximum Gasteiger partial charge on any atom is 0.217 e. The molecule has 12 heteroatoms. The van der Waals surface area contributed by atoms with Gasteiger partial charge < -0.3 is 30.1 Å². The van der Waals surface area contributed by atoms with E-state index >= 15 is 0 Å². The van der Waals surface area contributed by atoms with Crippen LogP contribution in [-0.2, 0) is 16.1 Å². The Morgan fingerprint density at radius 1 is 1.31 bits per heavy atom. The average Bonchev–Trinajstić information content (AvgIpc) is 3.54. The summed E-state index contributed by atoms with van der Waals surface area (Å²) in [5.74, 6) is 0.747. The molecule has 2 aliphatic rings. The summed E-state index contributed by atoms with van der Waals surface area (Å²) in [4.78, 5) is 11.8. The van der Waals surface area contributed by atoms with Crippen molar-refractivity contribution in [1.82, 2.24) is 19.7 Å². The largest absolute Gasteiger partial charge is 0.486 e. The lowest BCUT2D eigenvalue weighted by Crippen LogP contribution is -2.62. The monoisotopic (exact) mass is 484 g/mol. The molecule has 174 valence electrons. The molecule has 1 aliphatic heterocycles. The molecule has 0 radical (unpaired) electrons. The molecule has 1 aliphatic carbocycles. The van der Waals surface area contributed by atoms with Gasteiger partial charge in [-0.3, -0.25) is 9.36 Å². The second-order valence-electron chi connectivity index (χ2n) is 7.94. The van der Waals surface area contributed by atoms with Gasteiger partial charge >= 0.3 is 0 Å². The van der Waals surface area contributed by atoms with Crippen LogP contribution in [0, 0.1) is 4.77 Å². The zero-order valence-corrected chi connectivity index (χ0v) is 18.9. The summed E-state index contributed by atoms with van der Waals surface area (Å²) >= 11 is 11.6. The predicted octanol–water partition coefficient (Wildman–Crippen LogP) is 1.10. The molecule has 32 heavy (non-hydrogen) atoms. The lowest BCUT2D eigenvalue weighted by atomic mass is 9.96. The van der Waals surface area contributed by atoms with Gasteiger partial charge in [0.2, 0.25) is 10.7 Å². The standard InChI is InChI=1S/C20H25ClN4O6S/c1-10(27)22-16-18(29)17(28)14(8-26)31-19(16)25-20(32)24(12-4-5-12)15(23-25)9-30-13-6-2-11(21)3-7-13/h2-3,6-7,12,14,16-19,26,28-29H,4-5,8-9H2,1H3,(H,22,27)/t14-,16+,17+,18-,19+/m0/s1. The number of hydrogen-bond acceptors (Lipinski definition) is 8. The molecule has 0 unspecified atom stereocenters. The first kappa shape index (κ1) is 23.1. The number of aliphatic hydroxyl groups is 3. The molecule has 0 spiro atoms. The number of hydrogen-bond donors (Lipinski definition) is 4. The summed E-state index contributed by atoms with van der Waals surface area (Å²) in [6, 6.07) is 6.08. The van der Waals surface area contributed by atoms with Crippen LogP contribution in [0.5, 0.6) is 5.75 Å². The maximum atomic E-state index is 11.8. The predicted molar refractivity (Wildman–Crippen MR) is 116 cm³/mol. The summed E-state index contributed by atoms with van der Waals surface area (Å²) in [7, 11) is 0. The van der Waals surface area contributed by atoms with Crippen LogP contribution in [0.4, 0.5) is 0 Å². The molecule has 0 bridgehead atoms. The van der Waals surface area contributed by atoms with Crippen molar-refractivity contribution in [2.45, 2.75) is 63.0 Å². The van der Waals surface area contributed by atoms with Crippen molar-refractivity contribution in [2.24, 2.45) is 0 Å². The Kier molecular flexibility index (Phi) is 6.84. The SMILES string of the molecule is CC(=O)N[C@@H]1[C@H](O)[C@H](O)[C@H](CO)O[C@H]1n1nc(COc2ccc(Cl)cc2)n(C2CC2)c1=S. The minimum Gasteiger partial charge on any atom is -0.486 e. The second kappa shape index (κ2) is 9.46. The number of carbonyl (C=O) groups is 1. The number of carbonyl (C=O) groups excluding carboxylic acids is 1. The summed E-state index contributed by atoms with van der Waals surface area (Å²) in [6.07, 6.45) is -3.00. The van der Waals surface area contributed by atoms with Gasteiger partial charge in [-0.25, -0.2) is 4.68 Å². The van der Waals surface area contributed by atoms with Crippen LogP contribution in [0.3, 0.4) is 0 Å². The highest BCUT2D eigenvalue weighted by atomic mass is 35.5. The Hall–Kier alpha value is -2.02. The summed E-state index contributed by atoms with van der Waals surface area (Å²) in [6.45, 7) is 0.896. The number of halogens is 1. The number of ether oxygens (including phenoxy) is 2. The smallest absolute Gasteiger partial charge is 0.217 e. The Morgan fingerprint density at radius 2 is 2.00 bits per heavy atom. The van der Waals surface area contributed by atoms with E-state index < -0.39 is 43.1 Å². The third-order valence-electron chi connectivity index (χ3n) is 5.51. The number of amides is 1. The van der Waals surface area contributed by atoms with E-state index in [1.54, 1.807) is 24.3 Å². The van der Waals surface area contributed by atoms with Crippen molar-refractivity contribution in [3.05, 3.63) is 39.9 Å². The summed E-state index contributed by atoms with van der Waals surface area (Å²) in [5, 5.41) is 38.3. The van der Waals surface area contributed by atoms with Gasteiger partial charge in [0, 0.05) is 18.0 Å². The van der Waals surface area contributed by atoms with Crippen LogP contribution in [0.25, 0.3) is 0 Å². The first-order chi connectivity index (χ1) is 15.3. The van der Waals surface area contributed by atoms with E-state index in [4.69, 9.17) is 33.3 Å². The van der Waals surface area contributed by atoms with Gasteiger partial charge in [0.15, 0.2) is 12.1 Å². The first-order valence-corrected chi connectivity index (χ1v) is 11.1. The maximum absolute atomic E-state index is 11.8. The van der Waals surface area contributed by atoms with E-state index in [9.17, 15) is 20.1 Å². The Balaban J connectivity index is 1.66. The number of nitrogens with one attached hydrogen (secondary N) is 1. The molecule has 2 fully saturated rings. The fourth-order valence-corrected chi connectivity index (χ4v) is 4.30. The molecule has 2 aromatic rings. The summed E-state index contributed by atoms with van der Waals surface area (Å²) in [5.41, 5.74) is 0. The van der Waals surface area contributed by atoms with E-state index in [-0.39, 0.29) is 12.6 Å². The van der Waals surface area contributed by atoms with Crippen LogP contribution in [0.15, 0.2) is 24.3 Å². The number of aromatic nitrogens is 3. The molecule has 4 rings (SSSR count). The second-order valence-corrected chi connectivity index (χ2v) is 8.74. The molecule has 1 aromatic carbocycles. The highest BCUT2D eigenvalue weighted by Gasteiger charge is 2.47. The molecular weight excluding hydrogens is 460 g/mol. The number of benzene rings is 1. The van der Waals surface area contributed by atoms with Crippen molar-refractivity contribution in [2.75, 3.05) is 6.61 Å². The molecule has 1 amide bonds. The number of rotatable bonds is 7. The molecule has 2 heterocycles. The van der Waals surface area contributed by atoms with E-state index in [0.29, 0.717) is 21.4 Å². The van der Waals surface area contributed by atoms with Gasteiger partial charge in [-0.15, -0.1) is 0 Å². The van der Waals surface area contributed by atoms with Gasteiger partial charge in [-0.1, -0.05) is 11.6 Å². The van der Waals surface area contributed by atoms with Gasteiger partial charge in [-0.05, 0) is 49.3 Å². The Labute approximate surface area is 194 Å².